The van der Waals surface area contributed by atoms with E-state index in [1.54, 1.807) is 4.90 Å². The highest BCUT2D eigenvalue weighted by Gasteiger charge is 2.42. The average Bonchev–Trinajstić information content (AvgIpc) is 3.01. The number of carbonyl (C=O) groups is 2. The quantitative estimate of drug-likeness (QED) is 0.828. The molecule has 2 heterocycles. The Kier molecular flexibility index (Phi) is 5.08. The van der Waals surface area contributed by atoms with Crippen LogP contribution in [0.5, 0.6) is 0 Å². The van der Waals surface area contributed by atoms with E-state index in [2.05, 4.69) is 5.32 Å². The van der Waals surface area contributed by atoms with E-state index in [4.69, 9.17) is 4.74 Å². The first kappa shape index (κ1) is 16.1. The lowest BCUT2D eigenvalue weighted by Crippen LogP contribution is -2.54. The summed E-state index contributed by atoms with van der Waals surface area (Å²) >= 11 is 0. The zero-order valence-corrected chi connectivity index (χ0v) is 12.9. The van der Waals surface area contributed by atoms with E-state index < -0.39 is 11.4 Å². The summed E-state index contributed by atoms with van der Waals surface area (Å²) in [4.78, 5) is 25.6. The van der Waals surface area contributed by atoms with E-state index in [0.29, 0.717) is 38.5 Å². The first-order valence-corrected chi connectivity index (χ1v) is 7.85. The van der Waals surface area contributed by atoms with Gasteiger partial charge in [-0.05, 0) is 32.6 Å². The van der Waals surface area contributed by atoms with E-state index in [0.717, 1.165) is 19.4 Å². The maximum atomic E-state index is 12.4. The second-order valence-corrected chi connectivity index (χ2v) is 6.33. The first-order valence-electron chi connectivity index (χ1n) is 7.85. The van der Waals surface area contributed by atoms with Crippen molar-refractivity contribution < 1.29 is 19.4 Å². The minimum atomic E-state index is -0.792. The largest absolute Gasteiger partial charge is 0.481 e. The maximum Gasteiger partial charge on any atom is 0.317 e. The van der Waals surface area contributed by atoms with Crippen molar-refractivity contribution in [3.05, 3.63) is 0 Å². The molecule has 0 aliphatic carbocycles. The molecule has 2 aliphatic rings. The molecule has 0 aromatic carbocycles. The Bertz CT molecular complexity index is 395. The Balaban J connectivity index is 1.94. The molecule has 120 valence electrons. The van der Waals surface area contributed by atoms with E-state index in [1.807, 2.05) is 13.8 Å². The molecule has 2 aliphatic heterocycles. The molecular weight excluding hydrogens is 272 g/mol. The fraction of sp³-hybridized carbons (Fsp3) is 0.867. The normalized spacial score (nSPS) is 31.0. The molecule has 2 rings (SSSR count). The lowest BCUT2D eigenvalue weighted by atomic mass is 9.78. The number of ether oxygens (including phenoxy) is 1. The van der Waals surface area contributed by atoms with Crippen LogP contribution in [0.1, 0.15) is 39.5 Å². The summed E-state index contributed by atoms with van der Waals surface area (Å²) in [7, 11) is 0. The molecule has 3 atom stereocenters. The SMILES string of the molecule is CCC1(C(=O)O)CCCN(C(=O)NC(C)C2CCOC2)C1. The Morgan fingerprint density at radius 1 is 1.52 bits per heavy atom. The number of urea groups is 1. The van der Waals surface area contributed by atoms with Crippen LogP contribution in [0.3, 0.4) is 0 Å². The van der Waals surface area contributed by atoms with Gasteiger partial charge in [-0.25, -0.2) is 4.79 Å². The molecule has 6 heteroatoms. The minimum Gasteiger partial charge on any atom is -0.481 e. The number of rotatable bonds is 4. The Labute approximate surface area is 125 Å². The standard InChI is InChI=1S/C15H26N2O4/c1-3-15(13(18)19)6-4-7-17(10-15)14(20)16-11(2)12-5-8-21-9-12/h11-12H,3-10H2,1-2H3,(H,16,20)(H,18,19). The van der Waals surface area contributed by atoms with Crippen LogP contribution in [0.25, 0.3) is 0 Å². The topological polar surface area (TPSA) is 78.9 Å². The van der Waals surface area contributed by atoms with Crippen LogP contribution in [0, 0.1) is 11.3 Å². The van der Waals surface area contributed by atoms with Gasteiger partial charge in [0, 0.05) is 31.7 Å². The van der Waals surface area contributed by atoms with Gasteiger partial charge in [-0.2, -0.15) is 0 Å². The number of nitrogens with one attached hydrogen (secondary N) is 1. The van der Waals surface area contributed by atoms with Crippen molar-refractivity contribution in [2.45, 2.75) is 45.6 Å². The number of hydrogen-bond donors (Lipinski definition) is 2. The summed E-state index contributed by atoms with van der Waals surface area (Å²) in [5.74, 6) is -0.436. The number of nitrogens with zero attached hydrogens (tertiary/aromatic N) is 1. The molecule has 2 amide bonds. The Hall–Kier alpha value is -1.30. The molecule has 0 saturated carbocycles. The third kappa shape index (κ3) is 3.48. The van der Waals surface area contributed by atoms with Crippen LogP contribution in [0.4, 0.5) is 4.79 Å². The van der Waals surface area contributed by atoms with Gasteiger partial charge in [-0.15, -0.1) is 0 Å². The number of carbonyl (C=O) groups excluding carboxylic acids is 1. The van der Waals surface area contributed by atoms with Gasteiger partial charge in [0.05, 0.1) is 12.0 Å². The van der Waals surface area contributed by atoms with Gasteiger partial charge < -0.3 is 20.1 Å². The second kappa shape index (κ2) is 6.64. The van der Waals surface area contributed by atoms with Crippen molar-refractivity contribution in [2.75, 3.05) is 26.3 Å². The smallest absolute Gasteiger partial charge is 0.317 e. The summed E-state index contributed by atoms with van der Waals surface area (Å²) in [6.07, 6.45) is 2.91. The van der Waals surface area contributed by atoms with Gasteiger partial charge in [-0.1, -0.05) is 6.92 Å². The van der Waals surface area contributed by atoms with Crippen LogP contribution in [-0.4, -0.2) is 54.4 Å². The summed E-state index contributed by atoms with van der Waals surface area (Å²) in [6, 6.07) is -0.0871. The first-order chi connectivity index (χ1) is 9.98. The number of carboxylic acids is 1. The van der Waals surface area contributed by atoms with Crippen molar-refractivity contribution in [1.29, 1.82) is 0 Å². The maximum absolute atomic E-state index is 12.4. The van der Waals surface area contributed by atoms with Crippen LogP contribution >= 0.6 is 0 Å². The lowest BCUT2D eigenvalue weighted by molar-refractivity contribution is -0.152. The summed E-state index contributed by atoms with van der Waals surface area (Å²) in [5, 5.41) is 12.5. The van der Waals surface area contributed by atoms with Gasteiger partial charge in [0.1, 0.15) is 0 Å². The van der Waals surface area contributed by atoms with E-state index in [1.165, 1.54) is 0 Å². The van der Waals surface area contributed by atoms with Crippen LogP contribution in [0.2, 0.25) is 0 Å². The number of piperidine rings is 1. The van der Waals surface area contributed by atoms with Crippen LogP contribution < -0.4 is 5.32 Å². The third-order valence-electron chi connectivity index (χ3n) is 5.02. The van der Waals surface area contributed by atoms with E-state index >= 15 is 0 Å². The second-order valence-electron chi connectivity index (χ2n) is 6.33. The molecule has 0 bridgehead atoms. The Morgan fingerprint density at radius 2 is 2.29 bits per heavy atom. The highest BCUT2D eigenvalue weighted by atomic mass is 16.5. The molecule has 6 nitrogen and oxygen atoms in total. The molecule has 0 spiro atoms. The average molecular weight is 298 g/mol. The van der Waals surface area contributed by atoms with E-state index in [-0.39, 0.29) is 12.1 Å². The van der Waals surface area contributed by atoms with Gasteiger partial charge in [-0.3, -0.25) is 4.79 Å². The molecule has 2 N–H and O–H groups in total. The van der Waals surface area contributed by atoms with Gasteiger partial charge >= 0.3 is 12.0 Å². The fourth-order valence-electron chi connectivity index (χ4n) is 3.27. The van der Waals surface area contributed by atoms with E-state index in [9.17, 15) is 14.7 Å². The zero-order valence-electron chi connectivity index (χ0n) is 12.9. The Morgan fingerprint density at radius 3 is 2.86 bits per heavy atom. The molecule has 21 heavy (non-hydrogen) atoms. The number of carboxylic acid groups (broad SMARTS) is 1. The highest BCUT2D eigenvalue weighted by molar-refractivity contribution is 5.79. The lowest BCUT2D eigenvalue weighted by Gasteiger charge is -2.40. The molecule has 0 aromatic rings. The summed E-state index contributed by atoms with van der Waals surface area (Å²) in [6.45, 7) is 6.26. The molecule has 2 saturated heterocycles. The predicted molar refractivity (Wildman–Crippen MR) is 78.1 cm³/mol. The number of likely N-dealkylation sites (tertiary alicyclic amines) is 1. The monoisotopic (exact) mass is 298 g/mol. The van der Waals surface area contributed by atoms with Gasteiger partial charge in [0.2, 0.25) is 0 Å². The summed E-state index contributed by atoms with van der Waals surface area (Å²) in [5.41, 5.74) is -0.782. The van der Waals surface area contributed by atoms with Gasteiger partial charge in [0.15, 0.2) is 0 Å². The minimum absolute atomic E-state index is 0.0581. The fourth-order valence-corrected chi connectivity index (χ4v) is 3.27. The van der Waals surface area contributed by atoms with Crippen molar-refractivity contribution in [3.63, 3.8) is 0 Å². The third-order valence-corrected chi connectivity index (χ3v) is 5.02. The number of hydrogen-bond acceptors (Lipinski definition) is 3. The van der Waals surface area contributed by atoms with Crippen molar-refractivity contribution >= 4 is 12.0 Å². The van der Waals surface area contributed by atoms with Gasteiger partial charge in [0.25, 0.3) is 0 Å². The molecule has 3 unspecified atom stereocenters. The molecule has 0 aromatic heterocycles. The van der Waals surface area contributed by atoms with Crippen molar-refractivity contribution in [2.24, 2.45) is 11.3 Å². The number of amides is 2. The summed E-state index contributed by atoms with van der Waals surface area (Å²) < 4.78 is 5.34. The van der Waals surface area contributed by atoms with Crippen LogP contribution in [-0.2, 0) is 9.53 Å². The van der Waals surface area contributed by atoms with Crippen molar-refractivity contribution in [1.82, 2.24) is 10.2 Å². The highest BCUT2D eigenvalue weighted by Crippen LogP contribution is 2.33. The van der Waals surface area contributed by atoms with Crippen molar-refractivity contribution in [3.8, 4) is 0 Å². The predicted octanol–water partition coefficient (Wildman–Crippen LogP) is 1.70. The van der Waals surface area contributed by atoms with Crippen LogP contribution in [0.15, 0.2) is 0 Å². The molecule has 0 radical (unpaired) electrons. The zero-order chi connectivity index (χ0) is 15.5. The molecular formula is C15H26N2O4. The molecule has 2 fully saturated rings. The number of aliphatic carboxylic acids is 1.